The second-order valence-electron chi connectivity index (χ2n) is 2.38. The summed E-state index contributed by atoms with van der Waals surface area (Å²) in [7, 11) is -5.05. The van der Waals surface area contributed by atoms with Crippen LogP contribution in [-0.2, 0) is 10.4 Å². The summed E-state index contributed by atoms with van der Waals surface area (Å²) in [6.07, 6.45) is 0. The van der Waals surface area contributed by atoms with Gasteiger partial charge in [-0.05, 0) is 6.07 Å². The first-order valence-electron chi connectivity index (χ1n) is 3.40. The van der Waals surface area contributed by atoms with E-state index in [0.29, 0.717) is 6.07 Å². The maximum atomic E-state index is 11.0. The first-order chi connectivity index (χ1) is 6.79. The number of hydrogen-bond donors (Lipinski definition) is 0. The van der Waals surface area contributed by atoms with Crippen molar-refractivity contribution in [2.45, 2.75) is 0 Å². The molecule has 12 heteroatoms. The van der Waals surface area contributed by atoms with Crippen LogP contribution in [0.3, 0.4) is 0 Å². The molecule has 0 radical (unpaired) electrons. The Balaban J connectivity index is -0.000000750. The Kier molecular flexibility index (Phi) is 13.7. The predicted octanol–water partition coefficient (Wildman–Crippen LogP) is -7.31. The van der Waals surface area contributed by atoms with Gasteiger partial charge in [0.15, 0.2) is 0 Å². The molecule has 0 heterocycles. The number of nitro benzene ring substituents is 1. The molecule has 18 heavy (non-hydrogen) atoms. The third-order valence-corrected chi connectivity index (χ3v) is 1.71. The third kappa shape index (κ3) is 8.52. The molecule has 1 aromatic carbocycles. The summed E-state index contributed by atoms with van der Waals surface area (Å²) in [5.74, 6) is -1.82. The minimum atomic E-state index is -5.05. The topological polar surface area (TPSA) is 164 Å². The van der Waals surface area contributed by atoms with Gasteiger partial charge in [0.25, 0.3) is 16.1 Å². The number of non-ortho nitro benzene ring substituents is 1. The molecule has 0 fully saturated rings. The molecule has 2 N–H and O–H groups in total. The monoisotopic (exact) mass is 329 g/mol. The molecule has 0 aliphatic carbocycles. The van der Waals surface area contributed by atoms with E-state index in [1.165, 1.54) is 0 Å². The van der Waals surface area contributed by atoms with Crippen LogP contribution in [0.15, 0.2) is 18.2 Å². The molecule has 90 valence electrons. The van der Waals surface area contributed by atoms with Gasteiger partial charge < -0.3 is 19.3 Å². The van der Waals surface area contributed by atoms with Crippen LogP contribution in [0.5, 0.6) is 11.5 Å². The second kappa shape index (κ2) is 10.1. The third-order valence-electron chi connectivity index (χ3n) is 1.33. The van der Waals surface area contributed by atoms with E-state index in [2.05, 4.69) is 4.18 Å². The number of nitrogens with zero attached hydrogens (tertiary/aromatic N) is 1. The Labute approximate surface area is 187 Å². The van der Waals surface area contributed by atoms with Crippen molar-refractivity contribution in [3.05, 3.63) is 28.3 Å². The van der Waals surface area contributed by atoms with Gasteiger partial charge in [-0.2, -0.15) is 0 Å². The summed E-state index contributed by atoms with van der Waals surface area (Å²) in [6, 6.07) is 2.15. The Morgan fingerprint density at radius 3 is 2.06 bits per heavy atom. The molecule has 9 nitrogen and oxygen atoms in total. The normalized spacial score (nSPS) is 9.17. The first kappa shape index (κ1) is 24.4. The zero-order valence-electron chi connectivity index (χ0n) is 9.45. The Morgan fingerprint density at radius 1 is 1.22 bits per heavy atom. The van der Waals surface area contributed by atoms with Crippen molar-refractivity contribution in [2.75, 3.05) is 0 Å². The molecule has 0 saturated carbocycles. The van der Waals surface area contributed by atoms with Crippen LogP contribution in [0.4, 0.5) is 5.69 Å². The fourth-order valence-electron chi connectivity index (χ4n) is 0.789. The minimum absolute atomic E-state index is 0. The van der Waals surface area contributed by atoms with E-state index in [1.54, 1.807) is 0 Å². The van der Waals surface area contributed by atoms with E-state index >= 15 is 0 Å². The molecule has 0 amide bonds. The molecule has 0 bridgehead atoms. The smallest absolute Gasteiger partial charge is 0.870 e. The standard InChI is InChI=1S/C6H5NO7S.2K.H2O/c8-5-3-4(7(9)10)1-2-6(5)14-15(11,12)13;;;/h1-3,8H,(H,11,12,13);;;1H2/q;2*+1;/p-2. The quantitative estimate of drug-likeness (QED) is 0.175. The molecule has 0 unspecified atom stereocenters. The van der Waals surface area contributed by atoms with Crippen LogP contribution in [0.1, 0.15) is 0 Å². The first-order valence-corrected chi connectivity index (χ1v) is 4.74. The molecular weight excluding hydrogens is 324 g/mol. The van der Waals surface area contributed by atoms with Crippen LogP contribution in [0.25, 0.3) is 0 Å². The second-order valence-corrected chi connectivity index (χ2v) is 3.36. The summed E-state index contributed by atoms with van der Waals surface area (Å²) >= 11 is 0. The number of nitro groups is 1. The zero-order valence-corrected chi connectivity index (χ0v) is 16.5. The van der Waals surface area contributed by atoms with Crippen LogP contribution < -0.4 is 112 Å². The average Bonchev–Trinajstić information content (AvgIpc) is 2.05. The summed E-state index contributed by atoms with van der Waals surface area (Å²) in [4.78, 5) is 9.36. The van der Waals surface area contributed by atoms with E-state index in [0.717, 1.165) is 12.1 Å². The number of hydrogen-bond acceptors (Lipinski definition) is 7. The van der Waals surface area contributed by atoms with E-state index in [4.69, 9.17) is 0 Å². The van der Waals surface area contributed by atoms with Crippen molar-refractivity contribution in [2.24, 2.45) is 0 Å². The molecule has 0 aliphatic rings. The van der Waals surface area contributed by atoms with Crippen molar-refractivity contribution in [3.63, 3.8) is 0 Å². The van der Waals surface area contributed by atoms with Gasteiger partial charge in [-0.25, -0.2) is 8.42 Å². The van der Waals surface area contributed by atoms with Crippen LogP contribution in [0, 0.1) is 10.1 Å². The Hall–Kier alpha value is 1.36. The van der Waals surface area contributed by atoms with Gasteiger partial charge in [0, 0.05) is 12.1 Å². The fourth-order valence-corrected chi connectivity index (χ4v) is 1.15. The van der Waals surface area contributed by atoms with Crippen LogP contribution in [-0.4, -0.2) is 23.4 Å². The molecule has 0 spiro atoms. The zero-order chi connectivity index (χ0) is 11.6. The van der Waals surface area contributed by atoms with E-state index in [1.807, 2.05) is 0 Å². The maximum Gasteiger partial charge on any atom is 1.00 e. The van der Waals surface area contributed by atoms with Gasteiger partial charge in [0.1, 0.15) is 5.75 Å². The van der Waals surface area contributed by atoms with Crippen molar-refractivity contribution in [1.82, 2.24) is 0 Å². The maximum absolute atomic E-state index is 11.0. The summed E-state index contributed by atoms with van der Waals surface area (Å²) in [6.45, 7) is 0. The van der Waals surface area contributed by atoms with Gasteiger partial charge in [0.2, 0.25) is 0 Å². The van der Waals surface area contributed by atoms with Crippen molar-refractivity contribution < 1.29 is 135 Å². The Morgan fingerprint density at radius 2 is 1.72 bits per heavy atom. The van der Waals surface area contributed by atoms with E-state index < -0.39 is 32.5 Å². The van der Waals surface area contributed by atoms with Gasteiger partial charge in [-0.1, -0.05) is 5.75 Å². The molecule has 1 aromatic rings. The van der Waals surface area contributed by atoms with Gasteiger partial charge in [-0.15, -0.1) is 0 Å². The predicted molar refractivity (Wildman–Crippen MR) is 46.5 cm³/mol. The molecule has 0 aliphatic heterocycles. The largest absolute Gasteiger partial charge is 1.00 e. The van der Waals surface area contributed by atoms with E-state index in [-0.39, 0.29) is 108 Å². The summed E-state index contributed by atoms with van der Waals surface area (Å²) < 4.78 is 34.1. The molecule has 1 rings (SSSR count). The molecule has 0 aromatic heterocycles. The van der Waals surface area contributed by atoms with Crippen molar-refractivity contribution >= 4 is 16.1 Å². The van der Waals surface area contributed by atoms with Gasteiger partial charge in [0.05, 0.1) is 4.92 Å². The molecule has 0 saturated heterocycles. The average molecular weight is 329 g/mol. The summed E-state index contributed by atoms with van der Waals surface area (Å²) in [5.41, 5.74) is -0.518. The Bertz CT molecular complexity index is 504. The number of benzene rings is 1. The fraction of sp³-hybridized carbons (Fsp3) is 0. The summed E-state index contributed by atoms with van der Waals surface area (Å²) in [5, 5.41) is 21.2. The minimum Gasteiger partial charge on any atom is -0.870 e. The van der Waals surface area contributed by atoms with Gasteiger partial charge >= 0.3 is 103 Å². The molecule has 0 atom stereocenters. The SMILES string of the molecule is O.O=[N+]([O-])c1ccc(OS(=O)(=O)[O-])c([O-])c1.[K+].[K+]. The van der Waals surface area contributed by atoms with Crippen molar-refractivity contribution in [3.8, 4) is 11.5 Å². The molecular formula is C6H5K2NO8S. The van der Waals surface area contributed by atoms with Crippen LogP contribution >= 0.6 is 0 Å². The van der Waals surface area contributed by atoms with Crippen molar-refractivity contribution in [1.29, 1.82) is 0 Å². The van der Waals surface area contributed by atoms with Gasteiger partial charge in [-0.3, -0.25) is 10.1 Å². The van der Waals surface area contributed by atoms with Crippen LogP contribution in [0.2, 0.25) is 0 Å². The van der Waals surface area contributed by atoms with E-state index in [9.17, 15) is 28.2 Å². The number of rotatable bonds is 3.